The summed E-state index contributed by atoms with van der Waals surface area (Å²) in [6.07, 6.45) is -30.2. The first-order chi connectivity index (χ1) is 42.3. The van der Waals surface area contributed by atoms with Crippen LogP contribution < -0.4 is 0 Å². The molecule has 10 aliphatic rings. The van der Waals surface area contributed by atoms with Crippen molar-refractivity contribution >= 4 is 17.9 Å². The summed E-state index contributed by atoms with van der Waals surface area (Å²) < 4.78 is 84.7. The molecule has 0 radical (unpaired) electrons. The number of cyclic esters (lactones) is 1. The Hall–Kier alpha value is -2.73. The molecule has 6 aliphatic heterocycles. The van der Waals surface area contributed by atoms with Gasteiger partial charge in [-0.25, -0.2) is 0 Å². The molecule has 9 fully saturated rings. The molecule has 28 heteroatoms. The molecule has 28 nitrogen and oxygen atoms in total. The van der Waals surface area contributed by atoms with Gasteiger partial charge in [-0.05, 0) is 99.2 Å². The number of allylic oxidation sites excluding steroid dienone is 2. The van der Waals surface area contributed by atoms with E-state index in [9.17, 15) is 65.8 Å². The number of ether oxygens (including phenoxy) is 14. The number of hydrogen-bond donors (Lipinski definition) is 11. The number of fused-ring (bicyclic) bond motifs is 4. The van der Waals surface area contributed by atoms with Gasteiger partial charge in [0.2, 0.25) is 0 Å². The van der Waals surface area contributed by atoms with Crippen LogP contribution in [0.5, 0.6) is 0 Å². The third kappa shape index (κ3) is 12.1. The Morgan fingerprint density at radius 2 is 1.27 bits per heavy atom. The lowest BCUT2D eigenvalue weighted by Crippen LogP contribution is -2.66. The standard InChI is InChI=1S/C62H98O28/c1-25(2)12-15-38(83-28(5)65)61(10)51-33(82-27(4)64)20-60(9)30-13-14-36-58(6,7)37(17-18-59(36,8)29(30)16-19-62(51,60)57(76)90-61)86-56-50(41(70)35(24-80-56)85-52-43(72)39(68)31(66)22-78-52)89-54-44(73)42(71)47(26(3)81-54)87-53-45(74)48(32(67)23-79-53)88-55-46(75)49(77-11)40(69)34(21-63)84-55/h16,25-26,30-56,63,66-75H,12-15,17-24H2,1-11H3/t26-,30-,31-,32-,33+,34-,35-,36+,37+,38?,39+,40-,41+,42-,43-,44-,45-,46-,47-,48+,49+,50-,51-,52+,53+,54+,55+,56+,59-,60+,61+,62-/m1/s1. The SMILES string of the molecule is CO[C@@H]1[C@@H](O)[C@H](O[C@@H]2[C@@H](O)[C@H](O[C@H]3[C@H](O)[C@@H](O)[C@H](O[C@H]4[C@H](O[C@H]5CC[C@]6(C)C7=CC[C@]89C(=O)O[C@@](C)(C(CCC(C)C)OC(C)=O)[C@H]8[C@@H](OC(C)=O)C[C@@]9(C)[C@@H]7CC[C@H]6C5(C)C)OC[C@@H](O[C@@H]5OC[C@@H](O)[C@H](O)[C@H]5O)[C@@H]4O)O[C@@H]3C)OC[C@H]2O)O[C@H](CO)[C@H]1O. The van der Waals surface area contributed by atoms with E-state index in [1.165, 1.54) is 33.5 Å². The molecule has 1 spiro atoms. The van der Waals surface area contributed by atoms with Crippen LogP contribution in [-0.4, -0.2) is 267 Å². The highest BCUT2D eigenvalue weighted by molar-refractivity contribution is 5.84. The summed E-state index contributed by atoms with van der Waals surface area (Å²) in [5.74, 6) is -1.91. The third-order valence-corrected chi connectivity index (χ3v) is 22.4. The van der Waals surface area contributed by atoms with Crippen LogP contribution in [0.25, 0.3) is 0 Å². The number of aliphatic hydroxyl groups is 11. The predicted molar refractivity (Wildman–Crippen MR) is 303 cm³/mol. The van der Waals surface area contributed by atoms with Gasteiger partial charge in [0, 0.05) is 21.0 Å². The molecule has 0 amide bonds. The molecule has 6 saturated heterocycles. The molecule has 0 aromatic carbocycles. The van der Waals surface area contributed by atoms with Crippen molar-refractivity contribution in [3.8, 4) is 0 Å². The lowest BCUT2D eigenvalue weighted by molar-refractivity contribution is -0.388. The van der Waals surface area contributed by atoms with Crippen LogP contribution in [0.15, 0.2) is 11.6 Å². The second-order valence-electron chi connectivity index (χ2n) is 28.6. The second kappa shape index (κ2) is 26.7. The molecule has 11 N–H and O–H groups in total. The van der Waals surface area contributed by atoms with Gasteiger partial charge >= 0.3 is 17.9 Å². The maximum Gasteiger partial charge on any atom is 0.314 e. The molecule has 0 bridgehead atoms. The van der Waals surface area contributed by atoms with E-state index in [0.29, 0.717) is 51.4 Å². The van der Waals surface area contributed by atoms with E-state index < -0.39 is 218 Å². The van der Waals surface area contributed by atoms with Gasteiger partial charge in [0.1, 0.15) is 110 Å². The topological polar surface area (TPSA) is 403 Å². The zero-order valence-electron chi connectivity index (χ0n) is 53.2. The molecule has 0 aromatic heterocycles. The van der Waals surface area contributed by atoms with Crippen LogP contribution in [0, 0.1) is 45.3 Å². The number of methoxy groups -OCH3 is 1. The first-order valence-corrected chi connectivity index (χ1v) is 31.9. The molecule has 4 aliphatic carbocycles. The van der Waals surface area contributed by atoms with Gasteiger partial charge in [-0.1, -0.05) is 53.2 Å². The van der Waals surface area contributed by atoms with Gasteiger partial charge in [0.25, 0.3) is 0 Å². The van der Waals surface area contributed by atoms with Crippen LogP contribution >= 0.6 is 0 Å². The second-order valence-corrected chi connectivity index (χ2v) is 28.6. The van der Waals surface area contributed by atoms with Crippen molar-refractivity contribution in [2.24, 2.45) is 45.3 Å². The molecule has 0 aromatic rings. The highest BCUT2D eigenvalue weighted by Crippen LogP contribution is 2.76. The predicted octanol–water partition coefficient (Wildman–Crippen LogP) is -1.12. The van der Waals surface area contributed by atoms with E-state index >= 15 is 4.79 Å². The Labute approximate surface area is 523 Å². The first-order valence-electron chi connectivity index (χ1n) is 31.9. The van der Waals surface area contributed by atoms with Crippen molar-refractivity contribution < 1.29 is 137 Å². The number of esters is 3. The van der Waals surface area contributed by atoms with Crippen molar-refractivity contribution in [2.45, 2.75) is 280 Å². The average molecular weight is 1290 g/mol. The zero-order valence-corrected chi connectivity index (χ0v) is 53.2. The molecule has 10 rings (SSSR count). The molecule has 1 unspecified atom stereocenters. The first kappa shape index (κ1) is 70.1. The van der Waals surface area contributed by atoms with E-state index in [2.05, 4.69) is 47.6 Å². The Morgan fingerprint density at radius 1 is 0.644 bits per heavy atom. The van der Waals surface area contributed by atoms with Crippen molar-refractivity contribution in [2.75, 3.05) is 33.5 Å². The Morgan fingerprint density at radius 3 is 1.92 bits per heavy atom. The molecule has 3 saturated carbocycles. The summed E-state index contributed by atoms with van der Waals surface area (Å²) in [4.78, 5) is 40.8. The quantitative estimate of drug-likeness (QED) is 0.0335. The Bertz CT molecular complexity index is 2560. The fourth-order valence-corrected chi connectivity index (χ4v) is 17.7. The van der Waals surface area contributed by atoms with Crippen molar-refractivity contribution in [3.63, 3.8) is 0 Å². The van der Waals surface area contributed by atoms with E-state index in [0.717, 1.165) is 0 Å². The minimum atomic E-state index is -1.95. The van der Waals surface area contributed by atoms with Gasteiger partial charge in [-0.2, -0.15) is 0 Å². The normalized spacial score (nSPS) is 50.4. The van der Waals surface area contributed by atoms with Crippen LogP contribution in [0.1, 0.15) is 121 Å². The molecular formula is C62H98O28. The summed E-state index contributed by atoms with van der Waals surface area (Å²) in [6, 6.07) is 0. The van der Waals surface area contributed by atoms with Crippen LogP contribution in [0.2, 0.25) is 0 Å². The average Bonchev–Trinajstić information content (AvgIpc) is 1.47. The lowest BCUT2D eigenvalue weighted by Gasteiger charge is -2.63. The summed E-state index contributed by atoms with van der Waals surface area (Å²) in [5, 5.41) is 121. The molecule has 32 atom stereocenters. The number of carbonyl (C=O) groups is 3. The number of carbonyl (C=O) groups excluding carboxylic acids is 3. The smallest absolute Gasteiger partial charge is 0.314 e. The summed E-state index contributed by atoms with van der Waals surface area (Å²) in [5.41, 5.74) is -3.03. The van der Waals surface area contributed by atoms with Gasteiger partial charge in [-0.15, -0.1) is 0 Å². The lowest BCUT2D eigenvalue weighted by atomic mass is 9.41. The highest BCUT2D eigenvalue weighted by atomic mass is 16.8. The zero-order chi connectivity index (χ0) is 65.6. The van der Waals surface area contributed by atoms with E-state index in [4.69, 9.17) is 66.3 Å². The van der Waals surface area contributed by atoms with E-state index in [1.54, 1.807) is 0 Å². The van der Waals surface area contributed by atoms with Gasteiger partial charge in [-0.3, -0.25) is 14.4 Å². The monoisotopic (exact) mass is 1290 g/mol. The molecule has 6 heterocycles. The highest BCUT2D eigenvalue weighted by Gasteiger charge is 2.81. The molecular weight excluding hydrogens is 1190 g/mol. The van der Waals surface area contributed by atoms with Gasteiger partial charge < -0.3 is 122 Å². The minimum absolute atomic E-state index is 0.0396. The maximum absolute atomic E-state index is 15.0. The number of aliphatic hydroxyl groups excluding tert-OH is 11. The van der Waals surface area contributed by atoms with Crippen LogP contribution in [0.3, 0.4) is 0 Å². The molecule has 90 heavy (non-hydrogen) atoms. The summed E-state index contributed by atoms with van der Waals surface area (Å²) in [6.45, 7) is 16.8. The van der Waals surface area contributed by atoms with Crippen LogP contribution in [-0.2, 0) is 80.7 Å². The Kier molecular flexibility index (Phi) is 20.8. The van der Waals surface area contributed by atoms with Gasteiger partial charge in [0.05, 0.1) is 50.0 Å². The van der Waals surface area contributed by atoms with E-state index in [-0.39, 0.29) is 30.3 Å². The van der Waals surface area contributed by atoms with Crippen molar-refractivity contribution in [3.05, 3.63) is 11.6 Å². The summed E-state index contributed by atoms with van der Waals surface area (Å²) >= 11 is 0. The summed E-state index contributed by atoms with van der Waals surface area (Å²) in [7, 11) is 1.21. The third-order valence-electron chi connectivity index (χ3n) is 22.4. The van der Waals surface area contributed by atoms with Crippen LogP contribution in [0.4, 0.5) is 0 Å². The molecule has 514 valence electrons. The fourth-order valence-electron chi connectivity index (χ4n) is 17.7. The van der Waals surface area contributed by atoms with Crippen molar-refractivity contribution in [1.29, 1.82) is 0 Å². The largest absolute Gasteiger partial charge is 0.462 e. The maximum atomic E-state index is 15.0. The minimum Gasteiger partial charge on any atom is -0.462 e. The van der Waals surface area contributed by atoms with E-state index in [1.807, 2.05) is 6.92 Å². The number of rotatable bonds is 18. The fraction of sp³-hybridized carbons (Fsp3) is 0.919. The Balaban J connectivity index is 0.870. The number of hydrogen-bond acceptors (Lipinski definition) is 28. The van der Waals surface area contributed by atoms with Gasteiger partial charge in [0.15, 0.2) is 37.1 Å². The van der Waals surface area contributed by atoms with Crippen molar-refractivity contribution in [1.82, 2.24) is 0 Å².